The summed E-state index contributed by atoms with van der Waals surface area (Å²) in [5, 5.41) is 9.97. The Morgan fingerprint density at radius 3 is 2.72 bits per heavy atom. The minimum atomic E-state index is -0.709. The van der Waals surface area contributed by atoms with Crippen molar-refractivity contribution in [2.24, 2.45) is 0 Å². The average Bonchev–Trinajstić information content (AvgIpc) is 2.40. The van der Waals surface area contributed by atoms with E-state index in [1.165, 1.54) is 6.20 Å². The largest absolute Gasteiger partial charge is 0.418 e. The number of hydrogen-bond donors (Lipinski definition) is 2. The lowest BCUT2D eigenvalue weighted by Gasteiger charge is -2.07. The highest BCUT2D eigenvalue weighted by atomic mass is 16.6. The third kappa shape index (κ3) is 3.15. The maximum atomic E-state index is 11.5. The van der Waals surface area contributed by atoms with Crippen molar-refractivity contribution >= 4 is 11.9 Å². The number of carbonyl (C=O) groups is 1. The number of nitrogens with zero attached hydrogens (tertiary/aromatic N) is 1. The SMILES string of the molecule is N=C(NC(=O)Oc1ccccc1)c1cc[c]nc1. The first kappa shape index (κ1) is 11.8. The number of amides is 1. The van der Waals surface area contributed by atoms with E-state index < -0.39 is 6.09 Å². The van der Waals surface area contributed by atoms with Crippen molar-refractivity contribution in [1.29, 1.82) is 5.41 Å². The van der Waals surface area contributed by atoms with Gasteiger partial charge in [-0.25, -0.2) is 4.79 Å². The van der Waals surface area contributed by atoms with Crippen LogP contribution in [0.2, 0.25) is 0 Å². The van der Waals surface area contributed by atoms with E-state index in [0.29, 0.717) is 11.3 Å². The van der Waals surface area contributed by atoms with E-state index in [9.17, 15) is 4.79 Å². The number of benzene rings is 1. The molecule has 2 rings (SSSR count). The molecule has 0 atom stereocenters. The van der Waals surface area contributed by atoms with Crippen molar-refractivity contribution in [3.05, 3.63) is 60.4 Å². The normalized spacial score (nSPS) is 9.56. The number of hydrogen-bond acceptors (Lipinski definition) is 4. The van der Waals surface area contributed by atoms with Crippen molar-refractivity contribution < 1.29 is 9.53 Å². The molecular formula is C13H10N3O2. The van der Waals surface area contributed by atoms with Gasteiger partial charge in [0.2, 0.25) is 0 Å². The topological polar surface area (TPSA) is 75.1 Å². The molecule has 0 unspecified atom stereocenters. The third-order valence-corrected chi connectivity index (χ3v) is 2.09. The molecule has 2 N–H and O–H groups in total. The average molecular weight is 240 g/mol. The predicted molar refractivity (Wildman–Crippen MR) is 65.5 cm³/mol. The lowest BCUT2D eigenvalue weighted by atomic mass is 10.3. The van der Waals surface area contributed by atoms with Crippen LogP contribution in [0.15, 0.2) is 48.7 Å². The molecule has 0 bridgehead atoms. The molecule has 1 heterocycles. The summed E-state index contributed by atoms with van der Waals surface area (Å²) in [5.41, 5.74) is 0.485. The minimum Gasteiger partial charge on any atom is -0.410 e. The Balaban J connectivity index is 1.94. The summed E-state index contributed by atoms with van der Waals surface area (Å²) in [5.74, 6) is 0.347. The zero-order chi connectivity index (χ0) is 12.8. The van der Waals surface area contributed by atoms with Crippen molar-refractivity contribution in [2.45, 2.75) is 0 Å². The van der Waals surface area contributed by atoms with E-state index in [2.05, 4.69) is 16.5 Å². The van der Waals surface area contributed by atoms with Gasteiger partial charge < -0.3 is 4.74 Å². The van der Waals surface area contributed by atoms with Crippen LogP contribution < -0.4 is 10.1 Å². The van der Waals surface area contributed by atoms with Gasteiger partial charge in [0.15, 0.2) is 0 Å². The molecule has 5 heteroatoms. The van der Waals surface area contributed by atoms with Crippen molar-refractivity contribution in [3.63, 3.8) is 0 Å². The van der Waals surface area contributed by atoms with Crippen LogP contribution in [0, 0.1) is 11.6 Å². The molecule has 0 aliphatic rings. The lowest BCUT2D eigenvalue weighted by molar-refractivity contribution is 0.206. The molecule has 1 amide bonds. The Morgan fingerprint density at radius 2 is 2.06 bits per heavy atom. The van der Waals surface area contributed by atoms with E-state index in [1.807, 2.05) is 6.07 Å². The summed E-state index contributed by atoms with van der Waals surface area (Å²) in [6.07, 6.45) is 3.32. The highest BCUT2D eigenvalue weighted by Gasteiger charge is 2.08. The molecule has 0 fully saturated rings. The van der Waals surface area contributed by atoms with Crippen molar-refractivity contribution in [3.8, 4) is 5.75 Å². The van der Waals surface area contributed by atoms with Crippen LogP contribution in [0.3, 0.4) is 0 Å². The van der Waals surface area contributed by atoms with Crippen LogP contribution in [-0.4, -0.2) is 16.9 Å². The predicted octanol–water partition coefficient (Wildman–Crippen LogP) is 2.00. The van der Waals surface area contributed by atoms with Crippen LogP contribution in [0.1, 0.15) is 5.56 Å². The monoisotopic (exact) mass is 240 g/mol. The van der Waals surface area contributed by atoms with Gasteiger partial charge in [-0.05, 0) is 24.3 Å². The highest BCUT2D eigenvalue weighted by Crippen LogP contribution is 2.08. The van der Waals surface area contributed by atoms with E-state index in [1.54, 1.807) is 36.4 Å². The number of rotatable bonds is 2. The number of para-hydroxylation sites is 1. The van der Waals surface area contributed by atoms with Crippen LogP contribution in [-0.2, 0) is 0 Å². The number of nitrogens with one attached hydrogen (secondary N) is 2. The van der Waals surface area contributed by atoms with Crippen LogP contribution in [0.25, 0.3) is 0 Å². The summed E-state index contributed by atoms with van der Waals surface area (Å²) in [6, 6.07) is 11.8. The van der Waals surface area contributed by atoms with Gasteiger partial charge in [0.25, 0.3) is 0 Å². The number of ether oxygens (including phenoxy) is 1. The molecule has 1 aromatic carbocycles. The maximum Gasteiger partial charge on any atom is 0.418 e. The first-order chi connectivity index (χ1) is 8.75. The third-order valence-electron chi connectivity index (χ3n) is 2.09. The molecule has 2 aromatic rings. The molecule has 1 aromatic heterocycles. The first-order valence-corrected chi connectivity index (χ1v) is 5.20. The second-order valence-electron chi connectivity index (χ2n) is 3.38. The molecule has 0 aliphatic carbocycles. The number of pyridine rings is 1. The zero-order valence-electron chi connectivity index (χ0n) is 9.38. The number of carbonyl (C=O) groups excluding carboxylic acids is 1. The summed E-state index contributed by atoms with van der Waals surface area (Å²) in [4.78, 5) is 15.2. The summed E-state index contributed by atoms with van der Waals surface area (Å²) >= 11 is 0. The summed E-state index contributed by atoms with van der Waals surface area (Å²) in [6.45, 7) is 0. The Bertz CT molecular complexity index is 541. The van der Waals surface area contributed by atoms with Crippen LogP contribution in [0.5, 0.6) is 5.75 Å². The van der Waals surface area contributed by atoms with Gasteiger partial charge >= 0.3 is 6.09 Å². The fraction of sp³-hybridized carbons (Fsp3) is 0. The maximum absolute atomic E-state index is 11.5. The van der Waals surface area contributed by atoms with Gasteiger partial charge in [-0.3, -0.25) is 15.7 Å². The van der Waals surface area contributed by atoms with Gasteiger partial charge in [-0.1, -0.05) is 18.2 Å². The fourth-order valence-corrected chi connectivity index (χ4v) is 1.26. The Kier molecular flexibility index (Phi) is 3.66. The van der Waals surface area contributed by atoms with Gasteiger partial charge in [0, 0.05) is 11.8 Å². The molecule has 0 saturated heterocycles. The second kappa shape index (κ2) is 5.58. The first-order valence-electron chi connectivity index (χ1n) is 5.20. The molecule has 5 nitrogen and oxygen atoms in total. The Labute approximate surface area is 104 Å². The van der Waals surface area contributed by atoms with E-state index in [0.717, 1.165) is 0 Å². The smallest absolute Gasteiger partial charge is 0.410 e. The molecule has 0 saturated carbocycles. The van der Waals surface area contributed by atoms with Gasteiger partial charge in [-0.15, -0.1) is 0 Å². The molecule has 89 valence electrons. The van der Waals surface area contributed by atoms with Gasteiger partial charge in [0.1, 0.15) is 11.6 Å². The number of aromatic nitrogens is 1. The highest BCUT2D eigenvalue weighted by molar-refractivity contribution is 6.04. The Morgan fingerprint density at radius 1 is 1.28 bits per heavy atom. The molecule has 1 radical (unpaired) electrons. The quantitative estimate of drug-likeness (QED) is 0.622. The summed E-state index contributed by atoms with van der Waals surface area (Å²) in [7, 11) is 0. The molecular weight excluding hydrogens is 230 g/mol. The van der Waals surface area contributed by atoms with Crippen molar-refractivity contribution in [1.82, 2.24) is 10.3 Å². The van der Waals surface area contributed by atoms with E-state index in [-0.39, 0.29) is 5.84 Å². The minimum absolute atomic E-state index is 0.0718. The van der Waals surface area contributed by atoms with Crippen LogP contribution in [0.4, 0.5) is 4.79 Å². The summed E-state index contributed by atoms with van der Waals surface area (Å²) < 4.78 is 4.99. The van der Waals surface area contributed by atoms with Crippen LogP contribution >= 0.6 is 0 Å². The molecule has 0 spiro atoms. The van der Waals surface area contributed by atoms with Crippen molar-refractivity contribution in [2.75, 3.05) is 0 Å². The van der Waals surface area contributed by atoms with E-state index in [4.69, 9.17) is 10.1 Å². The molecule has 18 heavy (non-hydrogen) atoms. The van der Waals surface area contributed by atoms with E-state index >= 15 is 0 Å². The fourth-order valence-electron chi connectivity index (χ4n) is 1.26. The lowest BCUT2D eigenvalue weighted by Crippen LogP contribution is -2.33. The Hall–Kier alpha value is -2.69. The standard InChI is InChI=1S/C13H10N3O2/c14-12(10-5-4-8-15-9-10)16-13(17)18-11-6-2-1-3-7-11/h1-7,9H,(H2,14,16,17). The zero-order valence-corrected chi connectivity index (χ0v) is 9.38. The second-order valence-corrected chi connectivity index (χ2v) is 3.38. The number of amidine groups is 1. The van der Waals surface area contributed by atoms with Gasteiger partial charge in [0.05, 0.1) is 6.20 Å². The molecule has 0 aliphatic heterocycles. The van der Waals surface area contributed by atoms with Gasteiger partial charge in [-0.2, -0.15) is 0 Å².